The molecular formula is C22H13F13O4. The fraction of sp³-hybridized carbons (Fsp3) is 0.364. The van der Waals surface area contributed by atoms with E-state index in [4.69, 9.17) is 0 Å². The van der Waals surface area contributed by atoms with E-state index in [0.29, 0.717) is 6.92 Å². The number of ether oxygens (including phenoxy) is 2. The molecule has 0 aliphatic heterocycles. The van der Waals surface area contributed by atoms with Gasteiger partial charge in [-0.25, -0.2) is 14.0 Å². The highest BCUT2D eigenvalue weighted by atomic mass is 19.4. The summed E-state index contributed by atoms with van der Waals surface area (Å²) in [7, 11) is 0. The SMILES string of the molecule is Cc1cc(C(F)(F)F)c(OC(=O)C(C)(F)C(=O)Oc2c(C)cc(C(F)(F)F)cc2C(F)(F)F)c(C(F)(F)F)c1. The van der Waals surface area contributed by atoms with Crippen LogP contribution in [0.1, 0.15) is 40.3 Å². The molecule has 2 rings (SSSR count). The summed E-state index contributed by atoms with van der Waals surface area (Å²) in [5.74, 6) is -9.37. The largest absolute Gasteiger partial charge is 0.423 e. The van der Waals surface area contributed by atoms with Crippen LogP contribution in [0.5, 0.6) is 11.5 Å². The Labute approximate surface area is 209 Å². The van der Waals surface area contributed by atoms with Crippen molar-refractivity contribution in [1.29, 1.82) is 0 Å². The van der Waals surface area contributed by atoms with Crippen molar-refractivity contribution in [2.75, 3.05) is 0 Å². The van der Waals surface area contributed by atoms with Crippen LogP contribution < -0.4 is 9.47 Å². The Morgan fingerprint density at radius 1 is 0.564 bits per heavy atom. The van der Waals surface area contributed by atoms with E-state index in [2.05, 4.69) is 9.47 Å². The summed E-state index contributed by atoms with van der Waals surface area (Å²) in [4.78, 5) is 24.5. The van der Waals surface area contributed by atoms with Crippen molar-refractivity contribution in [3.05, 3.63) is 57.6 Å². The topological polar surface area (TPSA) is 52.6 Å². The maximum absolute atomic E-state index is 15.0. The Morgan fingerprint density at radius 2 is 0.923 bits per heavy atom. The van der Waals surface area contributed by atoms with Crippen molar-refractivity contribution < 1.29 is 76.1 Å². The van der Waals surface area contributed by atoms with E-state index in [9.17, 15) is 62.3 Å². The molecule has 0 saturated carbocycles. The van der Waals surface area contributed by atoms with Crippen LogP contribution >= 0.6 is 0 Å². The fourth-order valence-electron chi connectivity index (χ4n) is 3.05. The van der Waals surface area contributed by atoms with Gasteiger partial charge in [0.1, 0.15) is 5.75 Å². The second-order valence-electron chi connectivity index (χ2n) is 8.13. The number of carbonyl (C=O) groups excluding carboxylic acids is 2. The molecule has 39 heavy (non-hydrogen) atoms. The Kier molecular flexibility index (Phi) is 8.04. The summed E-state index contributed by atoms with van der Waals surface area (Å²) in [5, 5.41) is 0. The number of rotatable bonds is 4. The van der Waals surface area contributed by atoms with E-state index < -0.39 is 93.3 Å². The van der Waals surface area contributed by atoms with Gasteiger partial charge in [-0.1, -0.05) is 0 Å². The molecule has 2 aromatic rings. The first-order valence-electron chi connectivity index (χ1n) is 9.99. The minimum atomic E-state index is -5.64. The molecule has 17 heteroatoms. The molecule has 0 amide bonds. The van der Waals surface area contributed by atoms with Crippen molar-refractivity contribution in [3.63, 3.8) is 0 Å². The van der Waals surface area contributed by atoms with Gasteiger partial charge in [-0.05, 0) is 56.2 Å². The van der Waals surface area contributed by atoms with Gasteiger partial charge in [-0.2, -0.15) is 52.7 Å². The quantitative estimate of drug-likeness (QED) is 0.160. The highest BCUT2D eigenvalue weighted by Gasteiger charge is 2.50. The fourth-order valence-corrected chi connectivity index (χ4v) is 3.05. The van der Waals surface area contributed by atoms with E-state index in [1.165, 1.54) is 0 Å². The van der Waals surface area contributed by atoms with E-state index in [1.54, 1.807) is 0 Å². The number of carbonyl (C=O) groups is 2. The summed E-state index contributed by atoms with van der Waals surface area (Å²) in [5.41, 5.74) is -14.5. The zero-order valence-electron chi connectivity index (χ0n) is 19.4. The maximum atomic E-state index is 15.0. The van der Waals surface area contributed by atoms with Gasteiger partial charge in [-0.3, -0.25) is 0 Å². The van der Waals surface area contributed by atoms with Gasteiger partial charge in [0.2, 0.25) is 0 Å². The molecule has 0 fully saturated rings. The van der Waals surface area contributed by atoms with Crippen LogP contribution in [0.25, 0.3) is 0 Å². The summed E-state index contributed by atoms with van der Waals surface area (Å²) >= 11 is 0. The van der Waals surface area contributed by atoms with Crippen LogP contribution in [-0.4, -0.2) is 17.6 Å². The second kappa shape index (κ2) is 9.89. The first-order chi connectivity index (χ1) is 17.3. The maximum Gasteiger partial charge on any atom is 0.420 e. The van der Waals surface area contributed by atoms with Crippen LogP contribution in [-0.2, 0) is 34.3 Å². The van der Waals surface area contributed by atoms with Crippen LogP contribution in [0, 0.1) is 13.8 Å². The molecule has 216 valence electrons. The summed E-state index contributed by atoms with van der Waals surface area (Å²) in [6.07, 6.45) is -22.2. The van der Waals surface area contributed by atoms with Crippen molar-refractivity contribution >= 4 is 11.9 Å². The first-order valence-corrected chi connectivity index (χ1v) is 9.99. The minimum Gasteiger partial charge on any atom is -0.423 e. The first kappa shape index (κ1) is 31.7. The Bertz CT molecular complexity index is 1250. The second-order valence-corrected chi connectivity index (χ2v) is 8.13. The van der Waals surface area contributed by atoms with Gasteiger partial charge in [0.15, 0.2) is 5.75 Å². The molecule has 4 nitrogen and oxygen atoms in total. The Hall–Kier alpha value is -3.53. The number of hydrogen-bond acceptors (Lipinski definition) is 4. The molecule has 1 atom stereocenters. The lowest BCUT2D eigenvalue weighted by Crippen LogP contribution is -2.45. The molecule has 0 aliphatic rings. The highest BCUT2D eigenvalue weighted by Crippen LogP contribution is 2.46. The lowest BCUT2D eigenvalue weighted by atomic mass is 10.0. The summed E-state index contributed by atoms with van der Waals surface area (Å²) in [6, 6.07) is -0.218. The average Bonchev–Trinajstić information content (AvgIpc) is 2.72. The lowest BCUT2D eigenvalue weighted by molar-refractivity contribution is -0.164. The number of hydrogen-bond donors (Lipinski definition) is 0. The predicted molar refractivity (Wildman–Crippen MR) is 103 cm³/mol. The van der Waals surface area contributed by atoms with Gasteiger partial charge >= 0.3 is 42.3 Å². The third kappa shape index (κ3) is 6.92. The van der Waals surface area contributed by atoms with Gasteiger partial charge in [0.25, 0.3) is 0 Å². The predicted octanol–water partition coefficient (Wildman–Crippen LogP) is 7.62. The normalized spacial score (nSPS) is 14.6. The van der Waals surface area contributed by atoms with Gasteiger partial charge in [-0.15, -0.1) is 0 Å². The smallest absolute Gasteiger partial charge is 0.420 e. The van der Waals surface area contributed by atoms with Crippen LogP contribution in [0.2, 0.25) is 0 Å². The highest BCUT2D eigenvalue weighted by molar-refractivity contribution is 6.04. The molecule has 0 N–H and O–H groups in total. The average molecular weight is 588 g/mol. The van der Waals surface area contributed by atoms with Gasteiger partial charge in [0, 0.05) is 0 Å². The number of benzene rings is 2. The molecule has 0 aromatic heterocycles. The molecule has 0 bridgehead atoms. The van der Waals surface area contributed by atoms with Crippen molar-refractivity contribution in [2.45, 2.75) is 51.1 Å². The zero-order chi connectivity index (χ0) is 30.5. The van der Waals surface area contributed by atoms with Gasteiger partial charge in [0.05, 0.1) is 22.3 Å². The molecule has 0 spiro atoms. The number of esters is 2. The number of halogens is 13. The third-order valence-corrected chi connectivity index (χ3v) is 4.91. The summed E-state index contributed by atoms with van der Waals surface area (Å²) < 4.78 is 182. The van der Waals surface area contributed by atoms with Crippen molar-refractivity contribution in [1.82, 2.24) is 0 Å². The van der Waals surface area contributed by atoms with Crippen LogP contribution in [0.3, 0.4) is 0 Å². The standard InChI is InChI=1S/C22H13F13O4/c1-8-4-11(20(27,28)29)15(12(5-8)21(30,31)32)39-17(37)18(3,23)16(36)38-14-9(2)6-10(19(24,25)26)7-13(14)22(33,34)35/h4-7H,1-3H3. The van der Waals surface area contributed by atoms with Gasteiger partial charge < -0.3 is 9.47 Å². The molecule has 1 unspecified atom stereocenters. The number of alkyl halides is 13. The van der Waals surface area contributed by atoms with E-state index in [1.807, 2.05) is 0 Å². The molecule has 2 aromatic carbocycles. The van der Waals surface area contributed by atoms with Crippen molar-refractivity contribution in [2.24, 2.45) is 0 Å². The Balaban J connectivity index is 2.56. The monoisotopic (exact) mass is 588 g/mol. The Morgan fingerprint density at radius 3 is 1.28 bits per heavy atom. The number of aryl methyl sites for hydroxylation is 2. The van der Waals surface area contributed by atoms with E-state index in [-0.39, 0.29) is 25.1 Å². The summed E-state index contributed by atoms with van der Waals surface area (Å²) in [6.45, 7) is 1.29. The van der Waals surface area contributed by atoms with Crippen LogP contribution in [0.4, 0.5) is 57.1 Å². The lowest BCUT2D eigenvalue weighted by Gasteiger charge is -2.23. The van der Waals surface area contributed by atoms with E-state index in [0.717, 1.165) is 6.92 Å². The molecule has 0 heterocycles. The zero-order valence-corrected chi connectivity index (χ0v) is 19.4. The third-order valence-electron chi connectivity index (χ3n) is 4.91. The van der Waals surface area contributed by atoms with E-state index >= 15 is 4.39 Å². The molecule has 0 aliphatic carbocycles. The molecular weight excluding hydrogens is 575 g/mol. The minimum absolute atomic E-state index is 0.0727. The molecule has 0 radical (unpaired) electrons. The van der Waals surface area contributed by atoms with Crippen LogP contribution in [0.15, 0.2) is 24.3 Å². The molecule has 0 saturated heterocycles. The van der Waals surface area contributed by atoms with Crippen molar-refractivity contribution in [3.8, 4) is 11.5 Å².